The minimum atomic E-state index is -4.16. The zero-order valence-electron chi connectivity index (χ0n) is 30.7. The summed E-state index contributed by atoms with van der Waals surface area (Å²) in [5, 5.41) is 23.2. The lowest BCUT2D eigenvalue weighted by atomic mass is 9.93. The van der Waals surface area contributed by atoms with E-state index >= 15 is 0 Å². The molecular formula is C36H43F2N8O7PS. The Labute approximate surface area is 320 Å². The van der Waals surface area contributed by atoms with Gasteiger partial charge in [0.1, 0.15) is 33.9 Å². The second kappa shape index (κ2) is 19.1. The van der Waals surface area contributed by atoms with Crippen molar-refractivity contribution in [2.24, 2.45) is 0 Å². The van der Waals surface area contributed by atoms with Gasteiger partial charge < -0.3 is 24.6 Å². The molecule has 1 aliphatic rings. The van der Waals surface area contributed by atoms with Crippen LogP contribution in [0.5, 0.6) is 5.75 Å². The van der Waals surface area contributed by atoms with Crippen molar-refractivity contribution in [1.29, 1.82) is 5.41 Å². The van der Waals surface area contributed by atoms with Gasteiger partial charge in [-0.3, -0.25) is 19.5 Å². The number of nitrogens with one attached hydrogen (secondary N) is 4. The lowest BCUT2D eigenvalue weighted by molar-refractivity contribution is -0.149. The highest BCUT2D eigenvalue weighted by molar-refractivity contribution is 7.52. The highest BCUT2D eigenvalue weighted by atomic mass is 32.1. The first-order valence-corrected chi connectivity index (χ1v) is 20.0. The molecule has 0 saturated heterocycles. The van der Waals surface area contributed by atoms with Crippen LogP contribution in [0.2, 0.25) is 0 Å². The molecule has 3 heterocycles. The number of amides is 1. The normalized spacial score (nSPS) is 17.6. The summed E-state index contributed by atoms with van der Waals surface area (Å²) < 4.78 is 66.1. The predicted octanol–water partition coefficient (Wildman–Crippen LogP) is 6.35. The van der Waals surface area contributed by atoms with Gasteiger partial charge >= 0.3 is 13.7 Å². The van der Waals surface area contributed by atoms with Crippen molar-refractivity contribution in [1.82, 2.24) is 35.5 Å². The summed E-state index contributed by atoms with van der Waals surface area (Å²) in [4.78, 5) is 33.9. The van der Waals surface area contributed by atoms with Crippen LogP contribution in [-0.4, -0.2) is 68.2 Å². The Morgan fingerprint density at radius 3 is 2.55 bits per heavy atom. The van der Waals surface area contributed by atoms with Crippen LogP contribution in [0, 0.1) is 17.2 Å². The Kier molecular flexibility index (Phi) is 14.4. The lowest BCUT2D eigenvalue weighted by Gasteiger charge is -2.28. The second-order valence-corrected chi connectivity index (χ2v) is 15.3. The number of esters is 1. The van der Waals surface area contributed by atoms with E-state index in [0.717, 1.165) is 49.2 Å². The van der Waals surface area contributed by atoms with Crippen molar-refractivity contribution in [2.75, 3.05) is 6.61 Å². The van der Waals surface area contributed by atoms with Gasteiger partial charge in [-0.1, -0.05) is 18.2 Å². The molecule has 0 radical (unpaired) electrons. The molecule has 1 aromatic carbocycles. The van der Waals surface area contributed by atoms with Crippen molar-refractivity contribution >= 4 is 36.7 Å². The Hall–Kier alpha value is -4.87. The maximum absolute atomic E-state index is 14.7. The summed E-state index contributed by atoms with van der Waals surface area (Å²) in [6, 6.07) is 8.98. The smallest absolute Gasteiger partial charge is 0.461 e. The van der Waals surface area contributed by atoms with Crippen LogP contribution in [0.3, 0.4) is 0 Å². The molecule has 2 atom stereocenters. The quantitative estimate of drug-likeness (QED) is 0.0378. The van der Waals surface area contributed by atoms with Gasteiger partial charge in [-0.05, 0) is 77.6 Å². The molecule has 19 heteroatoms. The number of hydrogen-bond donors (Lipinski definition) is 4. The van der Waals surface area contributed by atoms with Crippen LogP contribution in [0.15, 0.2) is 72.1 Å². The number of thiazole rings is 1. The Morgan fingerprint density at radius 2 is 1.84 bits per heavy atom. The van der Waals surface area contributed by atoms with Gasteiger partial charge in [0.25, 0.3) is 5.91 Å². The molecular weight excluding hydrogens is 757 g/mol. The molecule has 294 valence electrons. The Morgan fingerprint density at radius 1 is 1.09 bits per heavy atom. The Balaban J connectivity index is 1.27. The van der Waals surface area contributed by atoms with E-state index in [1.54, 1.807) is 50.4 Å². The van der Waals surface area contributed by atoms with Crippen molar-refractivity contribution in [3.8, 4) is 16.3 Å². The number of para-hydroxylation sites is 1. The minimum Gasteiger partial charge on any atom is -0.462 e. The average molecular weight is 801 g/mol. The number of hydrogen-bond acceptors (Lipinski definition) is 13. The van der Waals surface area contributed by atoms with E-state index in [1.807, 2.05) is 6.92 Å². The molecule has 0 bridgehead atoms. The number of pyridine rings is 1. The van der Waals surface area contributed by atoms with Crippen molar-refractivity contribution in [3.05, 3.63) is 95.3 Å². The number of ether oxygens (including phenoxy) is 2. The van der Waals surface area contributed by atoms with Crippen LogP contribution in [0.1, 0.15) is 69.6 Å². The molecule has 5 rings (SSSR count). The fourth-order valence-electron chi connectivity index (χ4n) is 5.44. The van der Waals surface area contributed by atoms with Crippen LogP contribution in [-0.2, 0) is 30.1 Å². The largest absolute Gasteiger partial charge is 0.462 e. The molecule has 15 nitrogen and oxygen atoms in total. The SMILES string of the molecule is CCO[C@H]1CC[C@H](N/C=C(/NC(=O)c2csc(-c3cnn(COP(=O)(NC(C)C(=O)OC(C)C)Oc4ccccc4)c3)n2)C(=N)c2nc(F)ccc2F)CC1. The first-order chi connectivity index (χ1) is 26.3. The zero-order valence-corrected chi connectivity index (χ0v) is 32.4. The van der Waals surface area contributed by atoms with Crippen molar-refractivity contribution in [2.45, 2.75) is 84.4 Å². The van der Waals surface area contributed by atoms with E-state index in [0.29, 0.717) is 17.2 Å². The average Bonchev–Trinajstić information content (AvgIpc) is 3.85. The summed E-state index contributed by atoms with van der Waals surface area (Å²) in [7, 11) is -4.16. The molecule has 0 aliphatic heterocycles. The molecule has 0 spiro atoms. The topological polar surface area (TPSA) is 192 Å². The molecule has 4 N–H and O–H groups in total. The summed E-state index contributed by atoms with van der Waals surface area (Å²) in [5.41, 5.74) is -0.754. The number of benzene rings is 1. The lowest BCUT2D eigenvalue weighted by Crippen LogP contribution is -2.36. The first-order valence-electron chi connectivity index (χ1n) is 17.6. The van der Waals surface area contributed by atoms with Gasteiger partial charge in [0, 0.05) is 36.0 Å². The van der Waals surface area contributed by atoms with Gasteiger partial charge in [0.15, 0.2) is 12.5 Å². The van der Waals surface area contributed by atoms with Gasteiger partial charge in [0.05, 0.1) is 24.1 Å². The van der Waals surface area contributed by atoms with Crippen molar-refractivity contribution < 1.29 is 41.5 Å². The maximum Gasteiger partial charge on any atom is 0.461 e. The number of carbonyl (C=O) groups is 2. The number of halogens is 2. The van der Waals surface area contributed by atoms with Gasteiger partial charge in [-0.25, -0.2) is 23.6 Å². The summed E-state index contributed by atoms with van der Waals surface area (Å²) in [6.07, 6.45) is 7.39. The molecule has 3 aromatic heterocycles. The van der Waals surface area contributed by atoms with Crippen LogP contribution in [0.25, 0.3) is 10.6 Å². The maximum atomic E-state index is 14.7. The number of allylic oxidation sites excluding steroid dienone is 1. The molecule has 1 amide bonds. The van der Waals surface area contributed by atoms with Gasteiger partial charge in [-0.2, -0.15) is 14.6 Å². The number of carbonyl (C=O) groups excluding carboxylic acids is 2. The standard InChI is InChI=1S/C36H43F2N8O7PS/c1-5-50-26-13-11-25(12-14-26)40-18-29(32(39)33-28(37)15-16-31(38)44-33)42-34(47)30-20-55-35(43-30)24-17-41-46(19-24)21-51-54(49,53-27-9-7-6-8-10-27)45-23(4)36(48)52-22(2)3/h6-10,15-20,22-23,25-26,39-40H,5,11-14,21H2,1-4H3,(H,42,47)(H,45,49)/b29-18+,39-32?/t23?,25-,26-,54?. The molecule has 55 heavy (non-hydrogen) atoms. The highest BCUT2D eigenvalue weighted by Crippen LogP contribution is 2.45. The first kappa shape index (κ1) is 41.3. The summed E-state index contributed by atoms with van der Waals surface area (Å²) in [6.45, 7) is 7.07. The third-order valence-corrected chi connectivity index (χ3v) is 10.6. The molecule has 4 aromatic rings. The van der Waals surface area contributed by atoms with E-state index in [9.17, 15) is 22.9 Å². The minimum absolute atomic E-state index is 0.00693. The summed E-state index contributed by atoms with van der Waals surface area (Å²) in [5.74, 6) is -3.02. The number of rotatable bonds is 18. The molecule has 1 fully saturated rings. The molecule has 2 unspecified atom stereocenters. The fraction of sp³-hybridized carbons (Fsp3) is 0.389. The van der Waals surface area contributed by atoms with Crippen molar-refractivity contribution in [3.63, 3.8) is 0 Å². The summed E-state index contributed by atoms with van der Waals surface area (Å²) >= 11 is 1.13. The van der Waals surface area contributed by atoms with E-state index in [-0.39, 0.29) is 42.1 Å². The predicted molar refractivity (Wildman–Crippen MR) is 200 cm³/mol. The van der Waals surface area contributed by atoms with E-state index in [1.165, 1.54) is 29.4 Å². The van der Waals surface area contributed by atoms with Crippen LogP contribution >= 0.6 is 19.1 Å². The third kappa shape index (κ3) is 11.8. The molecule has 1 aliphatic carbocycles. The number of nitrogens with zero attached hydrogens (tertiary/aromatic N) is 4. The molecule has 1 saturated carbocycles. The zero-order chi connectivity index (χ0) is 39.5. The third-order valence-electron chi connectivity index (χ3n) is 8.11. The van der Waals surface area contributed by atoms with E-state index < -0.39 is 48.8 Å². The van der Waals surface area contributed by atoms with Gasteiger partial charge in [-0.15, -0.1) is 11.3 Å². The van der Waals surface area contributed by atoms with Crippen LogP contribution < -0.4 is 20.2 Å². The van der Waals surface area contributed by atoms with Crippen LogP contribution in [0.4, 0.5) is 8.78 Å². The van der Waals surface area contributed by atoms with E-state index in [2.05, 4.69) is 30.8 Å². The monoisotopic (exact) mass is 800 g/mol. The van der Waals surface area contributed by atoms with E-state index in [4.69, 9.17) is 23.9 Å². The highest BCUT2D eigenvalue weighted by Gasteiger charge is 2.33. The van der Waals surface area contributed by atoms with Gasteiger partial charge in [0.2, 0.25) is 5.95 Å². The second-order valence-electron chi connectivity index (χ2n) is 12.7. The fourth-order valence-corrected chi connectivity index (χ4v) is 7.64. The number of aromatic nitrogens is 4. The Bertz CT molecular complexity index is 2020.